The highest BCUT2D eigenvalue weighted by Gasteiger charge is 2.32. The number of nitrogens with zero attached hydrogens (tertiary/aromatic N) is 2. The summed E-state index contributed by atoms with van der Waals surface area (Å²) in [5, 5.41) is 3.57. The Morgan fingerprint density at radius 2 is 1.84 bits per heavy atom. The zero-order chi connectivity index (χ0) is 16.7. The van der Waals surface area contributed by atoms with Crippen LogP contribution in [0.15, 0.2) is 35.3 Å². The van der Waals surface area contributed by atoms with Gasteiger partial charge in [0.05, 0.1) is 6.54 Å². The Morgan fingerprint density at radius 1 is 1.16 bits per heavy atom. The number of thioether (sulfide) groups is 1. The Hall–Kier alpha value is -0.470. The van der Waals surface area contributed by atoms with Crippen molar-refractivity contribution in [3.8, 4) is 0 Å². The first-order valence-corrected chi connectivity index (χ1v) is 10.3. The van der Waals surface area contributed by atoms with E-state index in [1.54, 1.807) is 0 Å². The average molecular weight is 475 g/mol. The molecule has 1 N–H and O–H groups in total. The van der Waals surface area contributed by atoms with E-state index in [4.69, 9.17) is 9.73 Å². The average Bonchev–Trinajstić information content (AvgIpc) is 2.67. The third kappa shape index (κ3) is 6.03. The molecule has 2 aliphatic rings. The van der Waals surface area contributed by atoms with E-state index in [1.807, 2.05) is 17.8 Å². The number of hydrogen-bond acceptors (Lipinski definition) is 3. The molecule has 0 atom stereocenters. The molecule has 1 aromatic carbocycles. The van der Waals surface area contributed by atoms with E-state index in [0.717, 1.165) is 57.3 Å². The molecule has 0 aromatic heterocycles. The molecule has 0 spiro atoms. The Balaban J connectivity index is 0.00000225. The van der Waals surface area contributed by atoms with Crippen LogP contribution in [-0.4, -0.2) is 54.7 Å². The largest absolute Gasteiger partial charge is 0.381 e. The number of hydrogen-bond donors (Lipinski definition) is 1. The summed E-state index contributed by atoms with van der Waals surface area (Å²) >= 11 is 1.95. The van der Waals surface area contributed by atoms with Crippen LogP contribution in [0, 0.1) is 0 Å². The van der Waals surface area contributed by atoms with E-state index in [2.05, 4.69) is 40.7 Å². The second-order valence-corrected chi connectivity index (χ2v) is 7.95. The predicted octanol–water partition coefficient (Wildman–Crippen LogP) is 4.47. The summed E-state index contributed by atoms with van der Waals surface area (Å²) in [6.45, 7) is 4.80. The molecular weight excluding hydrogens is 445 g/mol. The number of ether oxygens (including phenoxy) is 1. The molecule has 140 valence electrons. The number of para-hydroxylation sites is 1. The number of anilines is 1. The van der Waals surface area contributed by atoms with Gasteiger partial charge < -0.3 is 15.0 Å². The zero-order valence-electron chi connectivity index (χ0n) is 15.1. The number of benzene rings is 1. The highest BCUT2D eigenvalue weighted by atomic mass is 127. The SMILES string of the molecule is CSC1(CN=C(Nc2ccccc2)N2CCCCC2)CCOCC1.I. The van der Waals surface area contributed by atoms with E-state index in [9.17, 15) is 0 Å². The molecule has 4 nitrogen and oxygen atoms in total. The van der Waals surface area contributed by atoms with E-state index in [1.165, 1.54) is 19.3 Å². The van der Waals surface area contributed by atoms with Gasteiger partial charge in [-0.3, -0.25) is 4.99 Å². The van der Waals surface area contributed by atoms with Crippen molar-refractivity contribution in [1.29, 1.82) is 0 Å². The van der Waals surface area contributed by atoms with Crippen LogP contribution in [0.5, 0.6) is 0 Å². The molecule has 0 amide bonds. The molecule has 0 radical (unpaired) electrons. The lowest BCUT2D eigenvalue weighted by molar-refractivity contribution is 0.0793. The van der Waals surface area contributed by atoms with Gasteiger partial charge in [0.2, 0.25) is 0 Å². The normalized spacial score (nSPS) is 20.7. The topological polar surface area (TPSA) is 36.9 Å². The van der Waals surface area contributed by atoms with Crippen LogP contribution >= 0.6 is 35.7 Å². The number of piperidine rings is 1. The van der Waals surface area contributed by atoms with E-state index < -0.39 is 0 Å². The van der Waals surface area contributed by atoms with Crippen molar-refractivity contribution in [3.05, 3.63) is 30.3 Å². The minimum atomic E-state index is 0. The van der Waals surface area contributed by atoms with Gasteiger partial charge >= 0.3 is 0 Å². The smallest absolute Gasteiger partial charge is 0.198 e. The molecule has 2 heterocycles. The van der Waals surface area contributed by atoms with Crippen molar-refractivity contribution in [2.75, 3.05) is 44.4 Å². The third-order valence-corrected chi connectivity index (χ3v) is 6.44. The quantitative estimate of drug-likeness (QED) is 0.396. The molecular formula is C19H30IN3OS. The predicted molar refractivity (Wildman–Crippen MR) is 120 cm³/mol. The Labute approximate surface area is 173 Å². The van der Waals surface area contributed by atoms with Crippen LogP contribution in [0.3, 0.4) is 0 Å². The molecule has 0 saturated carbocycles. The lowest BCUT2D eigenvalue weighted by Gasteiger charge is -2.35. The number of guanidine groups is 1. The van der Waals surface area contributed by atoms with Gasteiger partial charge in [0.1, 0.15) is 0 Å². The van der Waals surface area contributed by atoms with E-state index in [-0.39, 0.29) is 28.7 Å². The third-order valence-electron chi connectivity index (χ3n) is 5.04. The van der Waals surface area contributed by atoms with Gasteiger partial charge in [0.15, 0.2) is 5.96 Å². The van der Waals surface area contributed by atoms with Crippen LogP contribution in [0.1, 0.15) is 32.1 Å². The summed E-state index contributed by atoms with van der Waals surface area (Å²) in [6, 6.07) is 10.4. The second kappa shape index (κ2) is 10.6. The molecule has 2 aliphatic heterocycles. The number of halogens is 1. The lowest BCUT2D eigenvalue weighted by atomic mass is 9.99. The first-order chi connectivity index (χ1) is 11.8. The Kier molecular flexibility index (Phi) is 8.85. The van der Waals surface area contributed by atoms with Crippen LogP contribution in [0.2, 0.25) is 0 Å². The highest BCUT2D eigenvalue weighted by molar-refractivity contribution is 14.0. The van der Waals surface area contributed by atoms with E-state index in [0.29, 0.717) is 0 Å². The van der Waals surface area contributed by atoms with E-state index >= 15 is 0 Å². The van der Waals surface area contributed by atoms with Gasteiger partial charge in [-0.2, -0.15) is 11.8 Å². The maximum Gasteiger partial charge on any atom is 0.198 e. The molecule has 2 saturated heterocycles. The molecule has 0 unspecified atom stereocenters. The van der Waals surface area contributed by atoms with Crippen molar-refractivity contribution in [3.63, 3.8) is 0 Å². The number of rotatable bonds is 4. The summed E-state index contributed by atoms with van der Waals surface area (Å²) in [5.74, 6) is 1.04. The van der Waals surface area contributed by atoms with Gasteiger partial charge in [0.25, 0.3) is 0 Å². The molecule has 0 bridgehead atoms. The van der Waals surface area contributed by atoms with Gasteiger partial charge in [-0.15, -0.1) is 24.0 Å². The summed E-state index contributed by atoms with van der Waals surface area (Å²) in [5.41, 5.74) is 1.12. The fraction of sp³-hybridized carbons (Fsp3) is 0.632. The van der Waals surface area contributed by atoms with Gasteiger partial charge in [-0.1, -0.05) is 18.2 Å². The van der Waals surface area contributed by atoms with Crippen molar-refractivity contribution in [1.82, 2.24) is 4.90 Å². The fourth-order valence-corrected chi connectivity index (χ4v) is 4.13. The number of aliphatic imine (C=N–C) groups is 1. The maximum absolute atomic E-state index is 5.56. The first kappa shape index (κ1) is 20.8. The fourth-order valence-electron chi connectivity index (χ4n) is 3.36. The van der Waals surface area contributed by atoms with Crippen molar-refractivity contribution in [2.45, 2.75) is 36.9 Å². The summed E-state index contributed by atoms with van der Waals surface area (Å²) < 4.78 is 5.79. The van der Waals surface area contributed by atoms with Crippen LogP contribution < -0.4 is 5.32 Å². The van der Waals surface area contributed by atoms with Gasteiger partial charge in [0, 0.05) is 36.7 Å². The summed E-state index contributed by atoms with van der Waals surface area (Å²) in [4.78, 5) is 7.48. The Bertz CT molecular complexity index is 529. The van der Waals surface area contributed by atoms with Crippen molar-refractivity contribution < 1.29 is 4.74 Å². The summed E-state index contributed by atoms with van der Waals surface area (Å²) in [6.07, 6.45) is 8.26. The summed E-state index contributed by atoms with van der Waals surface area (Å²) in [7, 11) is 0. The highest BCUT2D eigenvalue weighted by Crippen LogP contribution is 2.34. The lowest BCUT2D eigenvalue weighted by Crippen LogP contribution is -2.42. The number of likely N-dealkylation sites (tertiary alicyclic amines) is 1. The standard InChI is InChI=1S/C19H29N3OS.HI/c1-24-19(10-14-23-15-11-19)16-20-18(22-12-6-3-7-13-22)21-17-8-4-2-5-9-17;/h2,4-5,8-9H,3,6-7,10-16H2,1H3,(H,20,21);1H. The van der Waals surface area contributed by atoms with Gasteiger partial charge in [-0.05, 0) is 50.5 Å². The molecule has 0 aliphatic carbocycles. The number of nitrogens with one attached hydrogen (secondary N) is 1. The monoisotopic (exact) mass is 475 g/mol. The minimum absolute atomic E-state index is 0. The van der Waals surface area contributed by atoms with Crippen molar-refractivity contribution >= 4 is 47.4 Å². The van der Waals surface area contributed by atoms with Crippen molar-refractivity contribution in [2.24, 2.45) is 4.99 Å². The molecule has 1 aromatic rings. The van der Waals surface area contributed by atoms with Gasteiger partial charge in [-0.25, -0.2) is 0 Å². The molecule has 25 heavy (non-hydrogen) atoms. The maximum atomic E-state index is 5.56. The molecule has 2 fully saturated rings. The molecule has 6 heteroatoms. The Morgan fingerprint density at radius 3 is 2.48 bits per heavy atom. The van der Waals surface area contributed by atoms with Crippen LogP contribution in [-0.2, 0) is 4.74 Å². The van der Waals surface area contributed by atoms with Crippen LogP contribution in [0.25, 0.3) is 0 Å². The zero-order valence-corrected chi connectivity index (χ0v) is 18.2. The minimum Gasteiger partial charge on any atom is -0.381 e. The molecule has 3 rings (SSSR count). The second-order valence-electron chi connectivity index (χ2n) is 6.68. The van der Waals surface area contributed by atoms with Crippen LogP contribution in [0.4, 0.5) is 5.69 Å². The first-order valence-electron chi connectivity index (χ1n) is 9.06.